The molecule has 2 heterocycles. The van der Waals surface area contributed by atoms with Gasteiger partial charge in [-0.05, 0) is 48.4 Å². The lowest BCUT2D eigenvalue weighted by Crippen LogP contribution is -2.09. The molecule has 4 rings (SSSR count). The van der Waals surface area contributed by atoms with Crippen molar-refractivity contribution in [2.24, 2.45) is 0 Å². The SMILES string of the molecule is Cc1cscc1-c1noc(C2(c3ccc(N)cc3)CC2)n1. The van der Waals surface area contributed by atoms with Crippen molar-refractivity contribution in [1.29, 1.82) is 0 Å². The molecule has 0 atom stereocenters. The highest BCUT2D eigenvalue weighted by molar-refractivity contribution is 7.08. The van der Waals surface area contributed by atoms with Crippen molar-refractivity contribution in [1.82, 2.24) is 10.1 Å². The van der Waals surface area contributed by atoms with E-state index >= 15 is 0 Å². The summed E-state index contributed by atoms with van der Waals surface area (Å²) in [6, 6.07) is 7.97. The first kappa shape index (κ1) is 12.6. The third-order valence-electron chi connectivity index (χ3n) is 4.15. The van der Waals surface area contributed by atoms with Gasteiger partial charge in [-0.2, -0.15) is 16.3 Å². The van der Waals surface area contributed by atoms with Crippen LogP contribution >= 0.6 is 11.3 Å². The molecule has 1 fully saturated rings. The first-order valence-electron chi connectivity index (χ1n) is 6.92. The summed E-state index contributed by atoms with van der Waals surface area (Å²) in [5.74, 6) is 1.40. The number of hydrogen-bond acceptors (Lipinski definition) is 5. The number of aromatic nitrogens is 2. The molecule has 0 saturated heterocycles. The Hall–Kier alpha value is -2.14. The second kappa shape index (κ2) is 4.43. The summed E-state index contributed by atoms with van der Waals surface area (Å²) in [7, 11) is 0. The third-order valence-corrected chi connectivity index (χ3v) is 5.01. The predicted molar refractivity (Wildman–Crippen MR) is 83.2 cm³/mol. The van der Waals surface area contributed by atoms with Crippen molar-refractivity contribution in [3.8, 4) is 11.4 Å². The van der Waals surface area contributed by atoms with Gasteiger partial charge in [0.25, 0.3) is 0 Å². The summed E-state index contributed by atoms with van der Waals surface area (Å²) in [6.07, 6.45) is 2.09. The molecule has 1 saturated carbocycles. The highest BCUT2D eigenvalue weighted by Crippen LogP contribution is 2.53. The van der Waals surface area contributed by atoms with Crippen LogP contribution in [0.2, 0.25) is 0 Å². The van der Waals surface area contributed by atoms with Crippen molar-refractivity contribution in [3.05, 3.63) is 52.0 Å². The molecular formula is C16H15N3OS. The third kappa shape index (κ3) is 1.96. The van der Waals surface area contributed by atoms with Crippen LogP contribution in [0.4, 0.5) is 5.69 Å². The molecule has 21 heavy (non-hydrogen) atoms. The van der Waals surface area contributed by atoms with E-state index in [1.165, 1.54) is 11.1 Å². The van der Waals surface area contributed by atoms with Crippen molar-refractivity contribution in [2.45, 2.75) is 25.2 Å². The maximum absolute atomic E-state index is 5.76. The van der Waals surface area contributed by atoms with Gasteiger partial charge in [-0.3, -0.25) is 0 Å². The summed E-state index contributed by atoms with van der Waals surface area (Å²) in [4.78, 5) is 4.64. The summed E-state index contributed by atoms with van der Waals surface area (Å²) in [5.41, 5.74) is 9.87. The van der Waals surface area contributed by atoms with Gasteiger partial charge in [0.2, 0.25) is 11.7 Å². The van der Waals surface area contributed by atoms with Crippen LogP contribution in [0.25, 0.3) is 11.4 Å². The van der Waals surface area contributed by atoms with Gasteiger partial charge in [0, 0.05) is 16.6 Å². The molecule has 0 spiro atoms. The van der Waals surface area contributed by atoms with Crippen LogP contribution in [0.15, 0.2) is 39.5 Å². The molecule has 106 valence electrons. The molecule has 0 aliphatic heterocycles. The standard InChI is InChI=1S/C16H15N3OS/c1-10-8-21-9-13(10)14-18-15(20-19-14)16(6-7-16)11-2-4-12(17)5-3-11/h2-5,8-9H,6-7,17H2,1H3. The first-order chi connectivity index (χ1) is 10.2. The number of benzene rings is 1. The zero-order chi connectivity index (χ0) is 14.4. The van der Waals surface area contributed by atoms with Gasteiger partial charge in [-0.15, -0.1) is 0 Å². The van der Waals surface area contributed by atoms with E-state index in [-0.39, 0.29) is 5.41 Å². The van der Waals surface area contributed by atoms with E-state index in [0.717, 1.165) is 24.1 Å². The number of aryl methyl sites for hydroxylation is 1. The fraction of sp³-hybridized carbons (Fsp3) is 0.250. The average molecular weight is 297 g/mol. The lowest BCUT2D eigenvalue weighted by Gasteiger charge is -2.10. The topological polar surface area (TPSA) is 64.9 Å². The smallest absolute Gasteiger partial charge is 0.237 e. The molecule has 2 aromatic heterocycles. The van der Waals surface area contributed by atoms with Crippen LogP contribution in [0.1, 0.15) is 29.9 Å². The monoisotopic (exact) mass is 297 g/mol. The number of rotatable bonds is 3. The van der Waals surface area contributed by atoms with Crippen LogP contribution in [-0.4, -0.2) is 10.1 Å². The van der Waals surface area contributed by atoms with Gasteiger partial charge >= 0.3 is 0 Å². The van der Waals surface area contributed by atoms with Crippen LogP contribution < -0.4 is 5.73 Å². The summed E-state index contributed by atoms with van der Waals surface area (Å²) in [5, 5.41) is 8.32. The minimum Gasteiger partial charge on any atom is -0.399 e. The molecule has 0 bridgehead atoms. The van der Waals surface area contributed by atoms with Gasteiger partial charge in [-0.1, -0.05) is 17.3 Å². The molecular weight excluding hydrogens is 282 g/mol. The maximum Gasteiger partial charge on any atom is 0.237 e. The molecule has 0 radical (unpaired) electrons. The van der Waals surface area contributed by atoms with Gasteiger partial charge < -0.3 is 10.3 Å². The second-order valence-corrected chi connectivity index (χ2v) is 6.34. The highest BCUT2D eigenvalue weighted by atomic mass is 32.1. The molecule has 1 aliphatic carbocycles. The number of hydrogen-bond donors (Lipinski definition) is 1. The molecule has 2 N–H and O–H groups in total. The Morgan fingerprint density at radius 2 is 1.95 bits per heavy atom. The Morgan fingerprint density at radius 3 is 2.57 bits per heavy atom. The predicted octanol–water partition coefficient (Wildman–Crippen LogP) is 3.77. The van der Waals surface area contributed by atoms with Crippen LogP contribution in [0.3, 0.4) is 0 Å². The van der Waals surface area contributed by atoms with Gasteiger partial charge in [0.15, 0.2) is 0 Å². The second-order valence-electron chi connectivity index (χ2n) is 5.60. The molecule has 5 heteroatoms. The van der Waals surface area contributed by atoms with Crippen molar-refractivity contribution < 1.29 is 4.52 Å². The Balaban J connectivity index is 1.73. The van der Waals surface area contributed by atoms with Gasteiger partial charge in [0.1, 0.15) is 0 Å². The largest absolute Gasteiger partial charge is 0.399 e. The van der Waals surface area contributed by atoms with E-state index in [2.05, 4.69) is 40.0 Å². The molecule has 1 aromatic carbocycles. The van der Waals surface area contributed by atoms with E-state index in [0.29, 0.717) is 11.7 Å². The van der Waals surface area contributed by atoms with E-state index in [1.54, 1.807) is 11.3 Å². The molecule has 0 amide bonds. The zero-order valence-electron chi connectivity index (χ0n) is 11.7. The quantitative estimate of drug-likeness (QED) is 0.747. The average Bonchev–Trinajstić information content (AvgIpc) is 2.93. The summed E-state index contributed by atoms with van der Waals surface area (Å²) in [6.45, 7) is 2.06. The fourth-order valence-corrected chi connectivity index (χ4v) is 3.50. The van der Waals surface area contributed by atoms with E-state index in [1.807, 2.05) is 12.1 Å². The summed E-state index contributed by atoms with van der Waals surface area (Å²) < 4.78 is 5.57. The van der Waals surface area contributed by atoms with Crippen LogP contribution in [-0.2, 0) is 5.41 Å². The number of nitrogen functional groups attached to an aromatic ring is 1. The Kier molecular flexibility index (Phi) is 2.65. The Bertz CT molecular complexity index is 784. The van der Waals surface area contributed by atoms with E-state index in [4.69, 9.17) is 10.3 Å². The highest BCUT2D eigenvalue weighted by Gasteiger charge is 2.51. The zero-order valence-corrected chi connectivity index (χ0v) is 12.5. The fourth-order valence-electron chi connectivity index (χ4n) is 2.67. The van der Waals surface area contributed by atoms with Crippen molar-refractivity contribution in [3.63, 3.8) is 0 Å². The molecule has 1 aliphatic rings. The molecule has 4 nitrogen and oxygen atoms in total. The van der Waals surface area contributed by atoms with E-state index in [9.17, 15) is 0 Å². The van der Waals surface area contributed by atoms with Gasteiger partial charge in [-0.25, -0.2) is 0 Å². The Labute approximate surface area is 126 Å². The van der Waals surface area contributed by atoms with Crippen molar-refractivity contribution >= 4 is 17.0 Å². The normalized spacial score (nSPS) is 16.0. The minimum absolute atomic E-state index is 0.108. The number of nitrogens with zero attached hydrogens (tertiary/aromatic N) is 2. The first-order valence-corrected chi connectivity index (χ1v) is 7.87. The van der Waals surface area contributed by atoms with Crippen LogP contribution in [0.5, 0.6) is 0 Å². The van der Waals surface area contributed by atoms with E-state index < -0.39 is 0 Å². The Morgan fingerprint density at radius 1 is 1.19 bits per heavy atom. The molecule has 3 aromatic rings. The maximum atomic E-state index is 5.76. The number of anilines is 1. The lowest BCUT2D eigenvalue weighted by molar-refractivity contribution is 0.360. The minimum atomic E-state index is -0.108. The molecule has 0 unspecified atom stereocenters. The summed E-state index contributed by atoms with van der Waals surface area (Å²) >= 11 is 1.66. The number of nitrogens with two attached hydrogens (primary N) is 1. The van der Waals surface area contributed by atoms with Gasteiger partial charge in [0.05, 0.1) is 5.41 Å². The van der Waals surface area contributed by atoms with Crippen molar-refractivity contribution in [2.75, 3.05) is 5.73 Å². The van der Waals surface area contributed by atoms with Crippen LogP contribution in [0, 0.1) is 6.92 Å². The number of thiophene rings is 1. The lowest BCUT2D eigenvalue weighted by atomic mass is 9.95.